The predicted octanol–water partition coefficient (Wildman–Crippen LogP) is 2.92. The highest BCUT2D eigenvalue weighted by atomic mass is 32.2. The first kappa shape index (κ1) is 6.43. The van der Waals surface area contributed by atoms with E-state index in [2.05, 4.69) is 18.7 Å². The summed E-state index contributed by atoms with van der Waals surface area (Å²) in [5.41, 5.74) is 0. The van der Waals surface area contributed by atoms with Crippen LogP contribution in [-0.4, -0.2) is 0 Å². The number of benzene rings is 1. The Kier molecular flexibility index (Phi) is 2.40. The summed E-state index contributed by atoms with van der Waals surface area (Å²) >= 11 is 1.64. The van der Waals surface area contributed by atoms with Gasteiger partial charge in [-0.25, -0.2) is 0 Å². The van der Waals surface area contributed by atoms with E-state index in [1.807, 2.05) is 23.6 Å². The molecule has 0 unspecified atom stereocenters. The molecule has 0 N–H and O–H groups in total. The van der Waals surface area contributed by atoms with Crippen LogP contribution in [0.2, 0.25) is 0 Å². The topological polar surface area (TPSA) is 0 Å². The second-order valence-corrected chi connectivity index (χ2v) is 2.64. The minimum Gasteiger partial charge on any atom is -0.0987 e. The first-order chi connectivity index (χ1) is 4.43. The summed E-state index contributed by atoms with van der Waals surface area (Å²) < 4.78 is 0. The molecule has 0 aromatic heterocycles. The van der Waals surface area contributed by atoms with E-state index in [-0.39, 0.29) is 0 Å². The third-order valence-corrected chi connectivity index (χ3v) is 1.67. The first-order valence-corrected chi connectivity index (χ1v) is 3.64. The number of hydrogen-bond acceptors (Lipinski definition) is 1. The zero-order valence-corrected chi connectivity index (χ0v) is 5.90. The third-order valence-electron chi connectivity index (χ3n) is 0.963. The summed E-state index contributed by atoms with van der Waals surface area (Å²) in [5.74, 6) is 0. The molecule has 0 amide bonds. The van der Waals surface area contributed by atoms with Crippen LogP contribution in [0.4, 0.5) is 0 Å². The van der Waals surface area contributed by atoms with Gasteiger partial charge in [0.1, 0.15) is 0 Å². The van der Waals surface area contributed by atoms with Crippen LogP contribution < -0.4 is 0 Å². The summed E-state index contributed by atoms with van der Waals surface area (Å²) in [5, 5.41) is 1.83. The molecule has 1 aromatic carbocycles. The Labute approximate surface area is 59.6 Å². The van der Waals surface area contributed by atoms with Crippen molar-refractivity contribution in [3.63, 3.8) is 0 Å². The van der Waals surface area contributed by atoms with Crippen molar-refractivity contribution >= 4 is 11.8 Å². The maximum absolute atomic E-state index is 3.62. The quantitative estimate of drug-likeness (QED) is 0.447. The standard InChI is InChI=1S/C8H8S/c1-2-9-8-6-4-3-5-7-8/h2-7H,1H2/i1+1,2+1. The maximum atomic E-state index is 3.62. The maximum Gasteiger partial charge on any atom is 0.0116 e. The molecular weight excluding hydrogens is 130 g/mol. The van der Waals surface area contributed by atoms with Crippen molar-refractivity contribution in [2.45, 2.75) is 4.90 Å². The van der Waals surface area contributed by atoms with E-state index < -0.39 is 0 Å². The van der Waals surface area contributed by atoms with E-state index in [0.29, 0.717) is 0 Å². The van der Waals surface area contributed by atoms with E-state index in [0.717, 1.165) is 0 Å². The zero-order valence-electron chi connectivity index (χ0n) is 5.08. The molecule has 0 bridgehead atoms. The number of rotatable bonds is 2. The average Bonchev–Trinajstić information content (AvgIpc) is 1.91. The SMILES string of the molecule is [13CH2]=[13CH]Sc1ccccc1. The second-order valence-electron chi connectivity index (χ2n) is 1.60. The average molecular weight is 138 g/mol. The van der Waals surface area contributed by atoms with E-state index in [9.17, 15) is 0 Å². The van der Waals surface area contributed by atoms with Gasteiger partial charge in [0.2, 0.25) is 0 Å². The molecule has 0 aliphatic rings. The van der Waals surface area contributed by atoms with Crippen LogP contribution in [0, 0.1) is 0 Å². The molecule has 0 heterocycles. The Morgan fingerprint density at radius 3 is 2.44 bits per heavy atom. The molecule has 9 heavy (non-hydrogen) atoms. The molecule has 46 valence electrons. The van der Waals surface area contributed by atoms with Gasteiger partial charge in [-0.05, 0) is 17.5 Å². The zero-order chi connectivity index (χ0) is 6.53. The van der Waals surface area contributed by atoms with Crippen LogP contribution in [0.15, 0.2) is 47.2 Å². The van der Waals surface area contributed by atoms with Gasteiger partial charge in [-0.2, -0.15) is 0 Å². The Morgan fingerprint density at radius 2 is 1.89 bits per heavy atom. The smallest absolute Gasteiger partial charge is 0.0116 e. The lowest BCUT2D eigenvalue weighted by molar-refractivity contribution is 1.47. The largest absolute Gasteiger partial charge is 0.0987 e. The van der Waals surface area contributed by atoms with Crippen LogP contribution in [0.3, 0.4) is 0 Å². The molecule has 0 aliphatic heterocycles. The van der Waals surface area contributed by atoms with Crippen molar-refractivity contribution < 1.29 is 0 Å². The van der Waals surface area contributed by atoms with Crippen molar-refractivity contribution in [3.05, 3.63) is 42.3 Å². The summed E-state index contributed by atoms with van der Waals surface area (Å²) in [6.45, 7) is 3.62. The van der Waals surface area contributed by atoms with Gasteiger partial charge in [0, 0.05) is 4.90 Å². The summed E-state index contributed by atoms with van der Waals surface area (Å²) in [7, 11) is 0. The number of thioether (sulfide) groups is 1. The van der Waals surface area contributed by atoms with Crippen LogP contribution in [0.5, 0.6) is 0 Å². The number of hydrogen-bond donors (Lipinski definition) is 0. The van der Waals surface area contributed by atoms with E-state index in [1.54, 1.807) is 11.8 Å². The van der Waals surface area contributed by atoms with Crippen LogP contribution in [0.25, 0.3) is 0 Å². The molecule has 0 saturated heterocycles. The Bertz CT molecular complexity index is 179. The van der Waals surface area contributed by atoms with Crippen molar-refractivity contribution in [1.29, 1.82) is 0 Å². The van der Waals surface area contributed by atoms with Gasteiger partial charge in [0.15, 0.2) is 0 Å². The van der Waals surface area contributed by atoms with Gasteiger partial charge in [-0.15, -0.1) is 0 Å². The van der Waals surface area contributed by atoms with Gasteiger partial charge >= 0.3 is 0 Å². The normalized spacial score (nSPS) is 8.89. The van der Waals surface area contributed by atoms with Crippen LogP contribution >= 0.6 is 11.8 Å². The lowest BCUT2D eigenvalue weighted by Gasteiger charge is -1.90. The molecule has 0 nitrogen and oxygen atoms in total. The summed E-state index contributed by atoms with van der Waals surface area (Å²) in [4.78, 5) is 1.24. The van der Waals surface area contributed by atoms with Crippen LogP contribution in [0.1, 0.15) is 0 Å². The van der Waals surface area contributed by atoms with Gasteiger partial charge in [-0.1, -0.05) is 36.5 Å². The molecule has 0 radical (unpaired) electrons. The van der Waals surface area contributed by atoms with E-state index in [4.69, 9.17) is 0 Å². The molecule has 1 heteroatoms. The minimum atomic E-state index is 1.24. The lowest BCUT2D eigenvalue weighted by atomic mass is 10.4. The first-order valence-electron chi connectivity index (χ1n) is 2.76. The second kappa shape index (κ2) is 3.36. The van der Waals surface area contributed by atoms with E-state index in [1.165, 1.54) is 4.90 Å². The molecule has 0 spiro atoms. The summed E-state index contributed by atoms with van der Waals surface area (Å²) in [6.07, 6.45) is 0. The molecule has 0 saturated carbocycles. The fourth-order valence-corrected chi connectivity index (χ4v) is 1.10. The Hall–Kier alpha value is -0.690. The highest BCUT2D eigenvalue weighted by molar-refractivity contribution is 8.02. The molecular formula is C8H8S. The van der Waals surface area contributed by atoms with Crippen molar-refractivity contribution in [2.75, 3.05) is 0 Å². The van der Waals surface area contributed by atoms with Gasteiger partial charge in [0.25, 0.3) is 0 Å². The predicted molar refractivity (Wildman–Crippen MR) is 42.5 cm³/mol. The molecule has 1 aromatic rings. The van der Waals surface area contributed by atoms with Gasteiger partial charge in [-0.3, -0.25) is 0 Å². The summed E-state index contributed by atoms with van der Waals surface area (Å²) in [6, 6.07) is 10.2. The van der Waals surface area contributed by atoms with Gasteiger partial charge < -0.3 is 0 Å². The molecule has 1 rings (SSSR count). The Balaban J connectivity index is 2.72. The molecule has 0 atom stereocenters. The Morgan fingerprint density at radius 1 is 1.22 bits per heavy atom. The van der Waals surface area contributed by atoms with Crippen molar-refractivity contribution in [1.82, 2.24) is 0 Å². The van der Waals surface area contributed by atoms with Gasteiger partial charge in [0.05, 0.1) is 0 Å². The third kappa shape index (κ3) is 1.94. The highest BCUT2D eigenvalue weighted by Crippen LogP contribution is 2.16. The molecule has 0 fully saturated rings. The molecule has 0 aliphatic carbocycles. The fourth-order valence-electron chi connectivity index (χ4n) is 0.595. The fraction of sp³-hybridized carbons (Fsp3) is 0. The minimum absolute atomic E-state index is 1.24. The van der Waals surface area contributed by atoms with E-state index >= 15 is 0 Å². The monoisotopic (exact) mass is 138 g/mol. The van der Waals surface area contributed by atoms with Crippen molar-refractivity contribution in [2.24, 2.45) is 0 Å². The van der Waals surface area contributed by atoms with Crippen LogP contribution in [-0.2, 0) is 0 Å². The lowest BCUT2D eigenvalue weighted by Crippen LogP contribution is -1.62. The van der Waals surface area contributed by atoms with Crippen molar-refractivity contribution in [3.8, 4) is 0 Å². The highest BCUT2D eigenvalue weighted by Gasteiger charge is 1.82.